The third kappa shape index (κ3) is 4.63. The molecule has 3 aromatic heterocycles. The fourth-order valence-corrected chi connectivity index (χ4v) is 4.29. The Hall–Kier alpha value is -3.14. The second-order valence-corrected chi connectivity index (χ2v) is 8.43. The number of fused-ring (bicyclic) bond motifs is 1. The van der Waals surface area contributed by atoms with Gasteiger partial charge in [0.05, 0.1) is 6.33 Å². The molecule has 0 radical (unpaired) electrons. The highest BCUT2D eigenvalue weighted by Crippen LogP contribution is 2.31. The van der Waals surface area contributed by atoms with Gasteiger partial charge in [0.2, 0.25) is 5.95 Å². The van der Waals surface area contributed by atoms with Crippen molar-refractivity contribution in [2.45, 2.75) is 58.0 Å². The van der Waals surface area contributed by atoms with Gasteiger partial charge in [-0.05, 0) is 39.0 Å². The van der Waals surface area contributed by atoms with E-state index < -0.39 is 0 Å². The zero-order chi connectivity index (χ0) is 22.0. The average Bonchev–Trinajstić information content (AvgIpc) is 3.13. The summed E-state index contributed by atoms with van der Waals surface area (Å²) in [5.41, 5.74) is 7.35. The Morgan fingerprint density at radius 1 is 1.29 bits per heavy atom. The number of H-pyrrole nitrogens is 1. The Bertz CT molecular complexity index is 1100. The summed E-state index contributed by atoms with van der Waals surface area (Å²) in [7, 11) is 0. The van der Waals surface area contributed by atoms with Gasteiger partial charge >= 0.3 is 0 Å². The Morgan fingerprint density at radius 2 is 2.10 bits per heavy atom. The van der Waals surface area contributed by atoms with Crippen LogP contribution in [0, 0.1) is 5.92 Å². The highest BCUT2D eigenvalue weighted by Gasteiger charge is 2.26. The predicted molar refractivity (Wildman–Crippen MR) is 122 cm³/mol. The number of hydrogen-bond donors (Lipinski definition) is 5. The molecule has 0 spiro atoms. The minimum Gasteiger partial charge on any atom is -0.396 e. The predicted octanol–water partition coefficient (Wildman–Crippen LogP) is 2.77. The third-order valence-electron chi connectivity index (χ3n) is 5.83. The van der Waals surface area contributed by atoms with Gasteiger partial charge in [-0.15, -0.1) is 0 Å². The van der Waals surface area contributed by atoms with Crippen LogP contribution in [0.1, 0.15) is 52.0 Å². The van der Waals surface area contributed by atoms with E-state index in [4.69, 9.17) is 15.7 Å². The van der Waals surface area contributed by atoms with E-state index in [0.717, 1.165) is 25.7 Å². The van der Waals surface area contributed by atoms with E-state index in [0.29, 0.717) is 34.5 Å². The molecule has 166 valence electrons. The molecule has 1 aliphatic carbocycles. The minimum atomic E-state index is -0.298. The second-order valence-electron chi connectivity index (χ2n) is 8.43. The lowest BCUT2D eigenvalue weighted by Crippen LogP contribution is -2.33. The molecule has 2 atom stereocenters. The van der Waals surface area contributed by atoms with Gasteiger partial charge in [-0.25, -0.2) is 4.98 Å². The van der Waals surface area contributed by atoms with E-state index in [2.05, 4.69) is 34.4 Å². The number of imidazole rings is 1. The first-order valence-electron chi connectivity index (χ1n) is 10.8. The summed E-state index contributed by atoms with van der Waals surface area (Å²) >= 11 is 0. The van der Waals surface area contributed by atoms with Crippen LogP contribution in [0.15, 0.2) is 23.3 Å². The van der Waals surface area contributed by atoms with Crippen LogP contribution in [0.5, 0.6) is 0 Å². The van der Waals surface area contributed by atoms with Crippen molar-refractivity contribution in [3.63, 3.8) is 0 Å². The van der Waals surface area contributed by atoms with Gasteiger partial charge in [-0.3, -0.25) is 4.79 Å². The molecule has 0 saturated heterocycles. The molecule has 0 aliphatic heterocycles. The largest absolute Gasteiger partial charge is 0.396 e. The molecule has 0 amide bonds. The van der Waals surface area contributed by atoms with Crippen molar-refractivity contribution in [2.75, 3.05) is 23.0 Å². The topological polar surface area (TPSA) is 147 Å². The summed E-state index contributed by atoms with van der Waals surface area (Å²) in [6.07, 6.45) is 6.94. The maximum absolute atomic E-state index is 11.8. The van der Waals surface area contributed by atoms with Crippen molar-refractivity contribution in [3.05, 3.63) is 28.8 Å². The summed E-state index contributed by atoms with van der Waals surface area (Å²) < 4.78 is 1.99. The number of nitrogens with two attached hydrogens (primary N) is 1. The minimum absolute atomic E-state index is 0.174. The number of nitrogens with zero attached hydrogens (tertiary/aromatic N) is 4. The number of nitrogen functional groups attached to an aromatic ring is 1. The normalized spacial score (nSPS) is 19.1. The van der Waals surface area contributed by atoms with E-state index in [9.17, 15) is 9.90 Å². The van der Waals surface area contributed by atoms with Gasteiger partial charge in [0.1, 0.15) is 5.82 Å². The number of nitrogens with one attached hydrogen (secondary N) is 3. The van der Waals surface area contributed by atoms with Crippen molar-refractivity contribution in [1.82, 2.24) is 24.5 Å². The Balaban J connectivity index is 1.73. The molecule has 1 fully saturated rings. The smallest absolute Gasteiger partial charge is 0.251 e. The average molecular weight is 427 g/mol. The number of aliphatic hydroxyl groups excluding tert-OH is 1. The number of aromatic amines is 1. The van der Waals surface area contributed by atoms with Gasteiger partial charge < -0.3 is 31.0 Å². The SMILES string of the molecule is CC(C)n1cnc2c(Nc3cc(N)[nH]c(=O)c3)nc(N[C@@H]3CCCC[C@@H]3CCO)nc21. The number of rotatable bonds is 7. The number of pyridine rings is 1. The number of aromatic nitrogens is 5. The van der Waals surface area contributed by atoms with E-state index >= 15 is 0 Å². The van der Waals surface area contributed by atoms with Crippen LogP contribution in [-0.2, 0) is 0 Å². The molecule has 0 unspecified atom stereocenters. The summed E-state index contributed by atoms with van der Waals surface area (Å²) in [6.45, 7) is 4.32. The van der Waals surface area contributed by atoms with Gasteiger partial charge in [-0.2, -0.15) is 9.97 Å². The lowest BCUT2D eigenvalue weighted by atomic mass is 9.82. The molecule has 1 saturated carbocycles. The van der Waals surface area contributed by atoms with Crippen LogP contribution in [0.25, 0.3) is 11.2 Å². The molecule has 31 heavy (non-hydrogen) atoms. The summed E-state index contributed by atoms with van der Waals surface area (Å²) in [4.78, 5) is 28.3. The Labute approximate surface area is 180 Å². The summed E-state index contributed by atoms with van der Waals surface area (Å²) in [6, 6.07) is 3.44. The van der Waals surface area contributed by atoms with Gasteiger partial charge in [0, 0.05) is 36.5 Å². The molecule has 4 rings (SSSR count). The molecule has 6 N–H and O–H groups in total. The third-order valence-corrected chi connectivity index (χ3v) is 5.83. The van der Waals surface area contributed by atoms with Crippen LogP contribution < -0.4 is 21.9 Å². The highest BCUT2D eigenvalue weighted by atomic mass is 16.3. The molecule has 3 heterocycles. The number of anilines is 4. The Morgan fingerprint density at radius 3 is 2.84 bits per heavy atom. The zero-order valence-electron chi connectivity index (χ0n) is 17.9. The standard InChI is InChI=1S/C21H30N8O2/c1-12(2)29-11-23-18-19(24-14-9-16(22)26-17(31)10-14)27-21(28-20(18)29)25-15-6-4-3-5-13(15)7-8-30/h9-13,15,30H,3-8H2,1-2H3,(H5,22,24,25,26,27,28,31)/t13-,15-/m1/s1. The lowest BCUT2D eigenvalue weighted by Gasteiger charge is -2.32. The Kier molecular flexibility index (Phi) is 6.08. The number of aliphatic hydroxyl groups is 1. The number of hydrogen-bond acceptors (Lipinski definition) is 8. The molecular weight excluding hydrogens is 396 g/mol. The summed E-state index contributed by atoms with van der Waals surface area (Å²) in [5, 5.41) is 16.1. The van der Waals surface area contributed by atoms with Crippen LogP contribution in [-0.4, -0.2) is 42.3 Å². The van der Waals surface area contributed by atoms with Crippen molar-refractivity contribution >= 4 is 34.4 Å². The fraction of sp³-hybridized carbons (Fsp3) is 0.524. The molecule has 10 heteroatoms. The fourth-order valence-electron chi connectivity index (χ4n) is 4.29. The van der Waals surface area contributed by atoms with Crippen molar-refractivity contribution in [1.29, 1.82) is 0 Å². The molecule has 3 aromatic rings. The first kappa shape index (κ1) is 21.1. The zero-order valence-corrected chi connectivity index (χ0v) is 17.9. The molecule has 0 bridgehead atoms. The molecule has 0 aromatic carbocycles. The van der Waals surface area contributed by atoms with Gasteiger partial charge in [-0.1, -0.05) is 12.8 Å². The van der Waals surface area contributed by atoms with Gasteiger partial charge in [0.25, 0.3) is 5.56 Å². The lowest BCUT2D eigenvalue weighted by molar-refractivity contribution is 0.219. The highest BCUT2D eigenvalue weighted by molar-refractivity contribution is 5.86. The quantitative estimate of drug-likeness (QED) is 0.387. The van der Waals surface area contributed by atoms with Crippen LogP contribution in [0.4, 0.5) is 23.3 Å². The summed E-state index contributed by atoms with van der Waals surface area (Å²) in [5.74, 6) is 1.66. The van der Waals surface area contributed by atoms with E-state index in [-0.39, 0.29) is 30.1 Å². The first-order chi connectivity index (χ1) is 14.9. The first-order valence-corrected chi connectivity index (χ1v) is 10.8. The molecule has 1 aliphatic rings. The van der Waals surface area contributed by atoms with Crippen LogP contribution >= 0.6 is 0 Å². The second kappa shape index (κ2) is 8.93. The monoisotopic (exact) mass is 426 g/mol. The molecule has 10 nitrogen and oxygen atoms in total. The maximum Gasteiger partial charge on any atom is 0.251 e. The van der Waals surface area contributed by atoms with E-state index in [1.165, 1.54) is 12.5 Å². The van der Waals surface area contributed by atoms with Crippen LogP contribution in [0.3, 0.4) is 0 Å². The molecular formula is C21H30N8O2. The van der Waals surface area contributed by atoms with Gasteiger partial charge in [0.15, 0.2) is 17.0 Å². The van der Waals surface area contributed by atoms with Crippen LogP contribution in [0.2, 0.25) is 0 Å². The van der Waals surface area contributed by atoms with Crippen molar-refractivity contribution < 1.29 is 5.11 Å². The van der Waals surface area contributed by atoms with E-state index in [1.54, 1.807) is 12.4 Å². The van der Waals surface area contributed by atoms with Crippen molar-refractivity contribution in [3.8, 4) is 0 Å². The van der Waals surface area contributed by atoms with Crippen molar-refractivity contribution in [2.24, 2.45) is 5.92 Å². The van der Waals surface area contributed by atoms with E-state index in [1.807, 2.05) is 4.57 Å². The maximum atomic E-state index is 11.8.